The van der Waals surface area contributed by atoms with E-state index in [-0.39, 0.29) is 5.57 Å². The molecule has 4 amide bonds. The van der Waals surface area contributed by atoms with E-state index in [0.29, 0.717) is 16.5 Å². The van der Waals surface area contributed by atoms with Crippen LogP contribution in [-0.2, 0) is 9.59 Å². The van der Waals surface area contributed by atoms with Crippen molar-refractivity contribution in [3.8, 4) is 0 Å². The number of carbonyl (C=O) groups excluding carboxylic acids is 3. The maximum absolute atomic E-state index is 13.0. The fraction of sp³-hybridized carbons (Fsp3) is 0.125. The predicted molar refractivity (Wildman–Crippen MR) is 119 cm³/mol. The first-order chi connectivity index (χ1) is 14.8. The molecular formula is C24H20N2O4S. The third kappa shape index (κ3) is 4.32. The van der Waals surface area contributed by atoms with Crippen LogP contribution in [0.1, 0.15) is 22.5 Å². The van der Waals surface area contributed by atoms with E-state index in [1.807, 2.05) is 51.1 Å². The lowest BCUT2D eigenvalue weighted by Gasteiger charge is -2.26. The van der Waals surface area contributed by atoms with E-state index in [1.54, 1.807) is 24.3 Å². The molecule has 1 saturated heterocycles. The van der Waals surface area contributed by atoms with Crippen LogP contribution in [0.2, 0.25) is 0 Å². The first-order valence-corrected chi connectivity index (χ1v) is 10.5. The zero-order valence-corrected chi connectivity index (χ0v) is 18.1. The Morgan fingerprint density at radius 2 is 1.65 bits per heavy atom. The summed E-state index contributed by atoms with van der Waals surface area (Å²) in [6.07, 6.45) is 1.36. The van der Waals surface area contributed by atoms with Crippen molar-refractivity contribution in [3.05, 3.63) is 82.6 Å². The van der Waals surface area contributed by atoms with Gasteiger partial charge < -0.3 is 4.42 Å². The number of aryl methyl sites for hydroxylation is 3. The molecule has 0 bridgehead atoms. The van der Waals surface area contributed by atoms with Crippen molar-refractivity contribution in [1.29, 1.82) is 0 Å². The molecule has 31 heavy (non-hydrogen) atoms. The van der Waals surface area contributed by atoms with Crippen molar-refractivity contribution in [1.82, 2.24) is 5.32 Å². The molecular weight excluding hydrogens is 412 g/mol. The molecule has 3 aromatic rings. The van der Waals surface area contributed by atoms with Crippen LogP contribution < -0.4 is 10.2 Å². The number of barbiturate groups is 1. The van der Waals surface area contributed by atoms with Crippen molar-refractivity contribution in [3.63, 3.8) is 0 Å². The molecule has 0 unspecified atom stereocenters. The first-order valence-electron chi connectivity index (χ1n) is 9.65. The minimum Gasteiger partial charge on any atom is -0.450 e. The summed E-state index contributed by atoms with van der Waals surface area (Å²) in [7, 11) is 0. The molecule has 1 aliphatic rings. The fourth-order valence-corrected chi connectivity index (χ4v) is 3.87. The highest BCUT2D eigenvalue weighted by Gasteiger charge is 2.37. The molecule has 0 aliphatic carbocycles. The van der Waals surface area contributed by atoms with Gasteiger partial charge in [0.05, 0.1) is 5.69 Å². The number of nitrogens with zero attached hydrogens (tertiary/aromatic N) is 1. The van der Waals surface area contributed by atoms with E-state index >= 15 is 0 Å². The lowest BCUT2D eigenvalue weighted by atomic mass is 10.1. The van der Waals surface area contributed by atoms with Gasteiger partial charge in [0.25, 0.3) is 11.8 Å². The van der Waals surface area contributed by atoms with E-state index in [4.69, 9.17) is 4.42 Å². The molecule has 1 aromatic heterocycles. The number of hydrogen-bond acceptors (Lipinski definition) is 5. The van der Waals surface area contributed by atoms with E-state index in [9.17, 15) is 14.4 Å². The number of furan rings is 1. The number of amides is 4. The standard InChI is InChI=1S/C24H20N2O4S/c1-14-4-9-19(10-5-14)31-21-11-8-18(30-21)13-20-22(27)25-24(29)26(23(20)28)17-7-6-15(2)16(3)12-17/h4-13H,1-3H3,(H,25,27,29)/b20-13+. The summed E-state index contributed by atoms with van der Waals surface area (Å²) in [6, 6.07) is 15.9. The summed E-state index contributed by atoms with van der Waals surface area (Å²) in [6.45, 7) is 5.85. The van der Waals surface area contributed by atoms with Crippen LogP contribution in [0, 0.1) is 20.8 Å². The minimum atomic E-state index is -0.773. The molecule has 1 N–H and O–H groups in total. The Labute approximate surface area is 183 Å². The second-order valence-electron chi connectivity index (χ2n) is 7.30. The van der Waals surface area contributed by atoms with Gasteiger partial charge in [0, 0.05) is 4.90 Å². The topological polar surface area (TPSA) is 79.6 Å². The molecule has 2 heterocycles. The third-order valence-electron chi connectivity index (χ3n) is 4.98. The van der Waals surface area contributed by atoms with Crippen molar-refractivity contribution >= 4 is 41.4 Å². The van der Waals surface area contributed by atoms with Crippen LogP contribution >= 0.6 is 11.8 Å². The minimum absolute atomic E-state index is 0.168. The molecule has 4 rings (SSSR count). The van der Waals surface area contributed by atoms with Crippen LogP contribution in [0.5, 0.6) is 0 Å². The van der Waals surface area contributed by atoms with E-state index < -0.39 is 17.8 Å². The van der Waals surface area contributed by atoms with E-state index in [2.05, 4.69) is 5.32 Å². The van der Waals surface area contributed by atoms with Gasteiger partial charge in [-0.2, -0.15) is 0 Å². The van der Waals surface area contributed by atoms with Crippen LogP contribution in [0.25, 0.3) is 6.08 Å². The van der Waals surface area contributed by atoms with Crippen LogP contribution in [-0.4, -0.2) is 17.8 Å². The molecule has 0 saturated carbocycles. The van der Waals surface area contributed by atoms with Crippen molar-refractivity contribution in [2.75, 3.05) is 4.90 Å². The number of hydrogen-bond donors (Lipinski definition) is 1. The summed E-state index contributed by atoms with van der Waals surface area (Å²) in [5.41, 5.74) is 3.37. The lowest BCUT2D eigenvalue weighted by molar-refractivity contribution is -0.122. The highest BCUT2D eigenvalue weighted by atomic mass is 32.2. The highest BCUT2D eigenvalue weighted by Crippen LogP contribution is 2.30. The Morgan fingerprint density at radius 3 is 2.35 bits per heavy atom. The molecule has 7 heteroatoms. The summed E-state index contributed by atoms with van der Waals surface area (Å²) >= 11 is 1.44. The summed E-state index contributed by atoms with van der Waals surface area (Å²) in [4.78, 5) is 39.7. The maximum Gasteiger partial charge on any atom is 0.335 e. The highest BCUT2D eigenvalue weighted by molar-refractivity contribution is 7.99. The first kappa shape index (κ1) is 20.7. The second kappa shape index (κ2) is 8.28. The van der Waals surface area contributed by atoms with E-state index in [0.717, 1.165) is 20.9 Å². The van der Waals surface area contributed by atoms with Crippen LogP contribution in [0.15, 0.2) is 74.6 Å². The van der Waals surface area contributed by atoms with E-state index in [1.165, 1.54) is 23.4 Å². The SMILES string of the molecule is Cc1ccc(Sc2ccc(/C=C3\C(=O)NC(=O)N(c4ccc(C)c(C)c4)C3=O)o2)cc1. The van der Waals surface area contributed by atoms with Crippen molar-refractivity contribution < 1.29 is 18.8 Å². The summed E-state index contributed by atoms with van der Waals surface area (Å²) in [5.74, 6) is -1.09. The Kier molecular flexibility index (Phi) is 5.52. The van der Waals surface area contributed by atoms with Gasteiger partial charge in [-0.15, -0.1) is 0 Å². The predicted octanol–water partition coefficient (Wildman–Crippen LogP) is 5.02. The Balaban J connectivity index is 1.60. The van der Waals surface area contributed by atoms with Crippen LogP contribution in [0.3, 0.4) is 0 Å². The molecule has 156 valence electrons. The Hall–Kier alpha value is -3.58. The number of anilines is 1. The molecule has 0 radical (unpaired) electrons. The quantitative estimate of drug-likeness (QED) is 0.462. The second-order valence-corrected chi connectivity index (χ2v) is 8.38. The Bertz CT molecular complexity index is 1220. The normalized spacial score (nSPS) is 15.5. The van der Waals surface area contributed by atoms with Crippen LogP contribution in [0.4, 0.5) is 10.5 Å². The monoisotopic (exact) mass is 432 g/mol. The molecule has 1 aliphatic heterocycles. The molecule has 0 spiro atoms. The number of carbonyl (C=O) groups is 3. The van der Waals surface area contributed by atoms with Crippen molar-refractivity contribution in [2.45, 2.75) is 30.8 Å². The van der Waals surface area contributed by atoms with Gasteiger partial charge >= 0.3 is 6.03 Å². The number of urea groups is 1. The lowest BCUT2D eigenvalue weighted by Crippen LogP contribution is -2.54. The van der Waals surface area contributed by atoms with Gasteiger partial charge in [-0.05, 0) is 74.4 Å². The summed E-state index contributed by atoms with van der Waals surface area (Å²) < 4.78 is 5.77. The van der Waals surface area contributed by atoms with Crippen molar-refractivity contribution in [2.24, 2.45) is 0 Å². The van der Waals surface area contributed by atoms with Gasteiger partial charge in [-0.25, -0.2) is 9.69 Å². The molecule has 6 nitrogen and oxygen atoms in total. The van der Waals surface area contributed by atoms with Gasteiger partial charge in [-0.1, -0.05) is 35.5 Å². The van der Waals surface area contributed by atoms with Gasteiger partial charge in [0.1, 0.15) is 11.3 Å². The smallest absolute Gasteiger partial charge is 0.335 e. The average Bonchev–Trinajstić information content (AvgIpc) is 3.16. The molecule has 2 aromatic carbocycles. The van der Waals surface area contributed by atoms with Gasteiger partial charge in [-0.3, -0.25) is 14.9 Å². The molecule has 0 atom stereocenters. The van der Waals surface area contributed by atoms with Gasteiger partial charge in [0.15, 0.2) is 5.09 Å². The molecule has 1 fully saturated rings. The summed E-state index contributed by atoms with van der Waals surface area (Å²) in [5, 5.41) is 2.85. The zero-order chi connectivity index (χ0) is 22.1. The number of rotatable bonds is 4. The number of nitrogens with one attached hydrogen (secondary N) is 1. The zero-order valence-electron chi connectivity index (χ0n) is 17.3. The fourth-order valence-electron chi connectivity index (χ4n) is 3.09. The average molecular weight is 433 g/mol. The number of benzene rings is 2. The number of imide groups is 2. The third-order valence-corrected chi connectivity index (χ3v) is 5.91. The van der Waals surface area contributed by atoms with Gasteiger partial charge in [0.2, 0.25) is 0 Å². The largest absolute Gasteiger partial charge is 0.450 e. The Morgan fingerprint density at radius 1 is 0.903 bits per heavy atom. The maximum atomic E-state index is 13.0.